The number of para-hydroxylation sites is 1. The van der Waals surface area contributed by atoms with Crippen molar-refractivity contribution >= 4 is 35.1 Å². The van der Waals surface area contributed by atoms with E-state index < -0.39 is 0 Å². The lowest BCUT2D eigenvalue weighted by Crippen LogP contribution is -2.20. The maximum atomic E-state index is 12.1. The fourth-order valence-electron chi connectivity index (χ4n) is 2.55. The van der Waals surface area contributed by atoms with Gasteiger partial charge in [-0.3, -0.25) is 9.79 Å². The highest BCUT2D eigenvalue weighted by Gasteiger charge is 2.05. The Morgan fingerprint density at radius 3 is 2.64 bits per heavy atom. The van der Waals surface area contributed by atoms with E-state index in [2.05, 4.69) is 10.3 Å². The molecule has 1 N–H and O–H groups in total. The Morgan fingerprint density at radius 1 is 1.04 bits per heavy atom. The third-order valence-electron chi connectivity index (χ3n) is 4.22. The van der Waals surface area contributed by atoms with E-state index in [1.807, 2.05) is 68.4 Å². The zero-order valence-electron chi connectivity index (χ0n) is 15.8. The predicted octanol–water partition coefficient (Wildman–Crippen LogP) is 5.72. The second-order valence-electron chi connectivity index (χ2n) is 6.42. The molecule has 0 aromatic heterocycles. The van der Waals surface area contributed by atoms with Gasteiger partial charge in [0.2, 0.25) is 0 Å². The monoisotopic (exact) mass is 392 g/mol. The fraction of sp³-hybridized carbons (Fsp3) is 0.130. The predicted molar refractivity (Wildman–Crippen MR) is 115 cm³/mol. The summed E-state index contributed by atoms with van der Waals surface area (Å²) < 4.78 is 5.61. The van der Waals surface area contributed by atoms with Crippen molar-refractivity contribution in [3.05, 3.63) is 88.4 Å². The molecule has 0 spiro atoms. The molecule has 3 rings (SSSR count). The Hall–Kier alpha value is -3.11. The van der Waals surface area contributed by atoms with Crippen LogP contribution in [-0.4, -0.2) is 18.7 Å². The SMILES string of the molecule is Cc1ccc(NC(=O)COc2cccc(C=Nc3ccccc3Cl)c2)cc1C. The first-order valence-electron chi connectivity index (χ1n) is 8.90. The molecule has 5 heteroatoms. The standard InChI is InChI=1S/C23H21ClN2O2/c1-16-10-11-19(12-17(16)2)26-23(27)15-28-20-7-5-6-18(13-20)14-25-22-9-4-3-8-21(22)24/h3-14H,15H2,1-2H3,(H,26,27). The van der Waals surface area contributed by atoms with Crippen LogP contribution in [0, 0.1) is 13.8 Å². The van der Waals surface area contributed by atoms with Crippen LogP contribution in [0.25, 0.3) is 0 Å². The summed E-state index contributed by atoms with van der Waals surface area (Å²) in [5, 5.41) is 3.43. The smallest absolute Gasteiger partial charge is 0.262 e. The molecule has 0 bridgehead atoms. The molecule has 0 unspecified atom stereocenters. The van der Waals surface area contributed by atoms with Gasteiger partial charge >= 0.3 is 0 Å². The molecule has 4 nitrogen and oxygen atoms in total. The molecular formula is C23H21ClN2O2. The first-order valence-corrected chi connectivity index (χ1v) is 9.27. The van der Waals surface area contributed by atoms with Crippen LogP contribution in [0.15, 0.2) is 71.7 Å². The second-order valence-corrected chi connectivity index (χ2v) is 6.83. The van der Waals surface area contributed by atoms with Crippen LogP contribution in [0.5, 0.6) is 5.75 Å². The molecule has 0 aliphatic heterocycles. The van der Waals surface area contributed by atoms with Crippen LogP contribution >= 0.6 is 11.6 Å². The number of halogens is 1. The number of carbonyl (C=O) groups is 1. The van der Waals surface area contributed by atoms with Crippen LogP contribution in [-0.2, 0) is 4.79 Å². The lowest BCUT2D eigenvalue weighted by molar-refractivity contribution is -0.118. The van der Waals surface area contributed by atoms with Crippen molar-refractivity contribution in [1.82, 2.24) is 0 Å². The number of carbonyl (C=O) groups excluding carboxylic acids is 1. The Morgan fingerprint density at radius 2 is 1.86 bits per heavy atom. The molecule has 0 fully saturated rings. The summed E-state index contributed by atoms with van der Waals surface area (Å²) >= 11 is 6.11. The van der Waals surface area contributed by atoms with E-state index in [4.69, 9.17) is 16.3 Å². The number of rotatable bonds is 6. The van der Waals surface area contributed by atoms with Gasteiger partial charge in [-0.15, -0.1) is 0 Å². The Labute approximate surface area is 169 Å². The first kappa shape index (κ1) is 19.6. The van der Waals surface area contributed by atoms with Gasteiger partial charge in [0.05, 0.1) is 10.7 Å². The van der Waals surface area contributed by atoms with E-state index in [-0.39, 0.29) is 12.5 Å². The minimum absolute atomic E-state index is 0.0714. The van der Waals surface area contributed by atoms with Crippen molar-refractivity contribution in [1.29, 1.82) is 0 Å². The van der Waals surface area contributed by atoms with Gasteiger partial charge in [0.25, 0.3) is 5.91 Å². The fourth-order valence-corrected chi connectivity index (χ4v) is 2.73. The minimum atomic E-state index is -0.210. The Balaban J connectivity index is 1.59. The molecule has 0 aliphatic rings. The molecular weight excluding hydrogens is 372 g/mol. The summed E-state index contributed by atoms with van der Waals surface area (Å²) in [5.41, 5.74) is 4.63. The summed E-state index contributed by atoms with van der Waals surface area (Å²) in [7, 11) is 0. The van der Waals surface area contributed by atoms with Crippen LogP contribution in [0.4, 0.5) is 11.4 Å². The van der Waals surface area contributed by atoms with Crippen LogP contribution in [0.2, 0.25) is 5.02 Å². The van der Waals surface area contributed by atoms with E-state index in [1.54, 1.807) is 18.3 Å². The van der Waals surface area contributed by atoms with Crippen molar-refractivity contribution in [3.63, 3.8) is 0 Å². The highest BCUT2D eigenvalue weighted by Crippen LogP contribution is 2.23. The van der Waals surface area contributed by atoms with Crippen molar-refractivity contribution in [2.24, 2.45) is 4.99 Å². The molecule has 0 saturated carbocycles. The van der Waals surface area contributed by atoms with Crippen molar-refractivity contribution < 1.29 is 9.53 Å². The van der Waals surface area contributed by atoms with Crippen molar-refractivity contribution in [3.8, 4) is 5.75 Å². The highest BCUT2D eigenvalue weighted by molar-refractivity contribution is 6.33. The first-order chi connectivity index (χ1) is 13.5. The quantitative estimate of drug-likeness (QED) is 0.545. The number of hydrogen-bond donors (Lipinski definition) is 1. The zero-order valence-corrected chi connectivity index (χ0v) is 16.5. The van der Waals surface area contributed by atoms with Gasteiger partial charge in [0, 0.05) is 11.9 Å². The van der Waals surface area contributed by atoms with Crippen molar-refractivity contribution in [2.75, 3.05) is 11.9 Å². The Bertz CT molecular complexity index is 1010. The molecule has 0 saturated heterocycles. The van der Waals surface area contributed by atoms with Crippen LogP contribution in [0.3, 0.4) is 0 Å². The number of amides is 1. The highest BCUT2D eigenvalue weighted by atomic mass is 35.5. The molecule has 1 amide bonds. The summed E-state index contributed by atoms with van der Waals surface area (Å²) in [5.74, 6) is 0.386. The van der Waals surface area contributed by atoms with E-state index in [9.17, 15) is 4.79 Å². The van der Waals surface area contributed by atoms with Gasteiger partial charge < -0.3 is 10.1 Å². The third kappa shape index (κ3) is 5.44. The zero-order chi connectivity index (χ0) is 19.9. The number of benzene rings is 3. The average Bonchev–Trinajstić information content (AvgIpc) is 2.69. The number of nitrogens with one attached hydrogen (secondary N) is 1. The number of anilines is 1. The van der Waals surface area contributed by atoms with E-state index >= 15 is 0 Å². The second kappa shape index (κ2) is 9.20. The van der Waals surface area contributed by atoms with Crippen LogP contribution < -0.4 is 10.1 Å². The molecule has 142 valence electrons. The number of aryl methyl sites for hydroxylation is 2. The number of ether oxygens (including phenoxy) is 1. The van der Waals surface area contributed by atoms with Gasteiger partial charge in [-0.25, -0.2) is 0 Å². The summed E-state index contributed by atoms with van der Waals surface area (Å²) in [6.07, 6.45) is 1.71. The number of nitrogens with zero attached hydrogens (tertiary/aromatic N) is 1. The molecule has 3 aromatic carbocycles. The summed E-state index contributed by atoms with van der Waals surface area (Å²) in [6, 6.07) is 20.6. The average molecular weight is 393 g/mol. The third-order valence-corrected chi connectivity index (χ3v) is 4.54. The molecule has 0 aliphatic carbocycles. The molecule has 0 heterocycles. The molecule has 0 atom stereocenters. The van der Waals surface area contributed by atoms with Crippen molar-refractivity contribution in [2.45, 2.75) is 13.8 Å². The van der Waals surface area contributed by atoms with Gasteiger partial charge in [-0.1, -0.05) is 41.9 Å². The maximum absolute atomic E-state index is 12.1. The van der Waals surface area contributed by atoms with Crippen LogP contribution in [0.1, 0.15) is 16.7 Å². The van der Waals surface area contributed by atoms with Gasteiger partial charge in [-0.2, -0.15) is 0 Å². The number of aliphatic imine (C=N–C) groups is 1. The summed E-state index contributed by atoms with van der Waals surface area (Å²) in [4.78, 5) is 16.5. The van der Waals surface area contributed by atoms with E-state index in [1.165, 1.54) is 5.56 Å². The topological polar surface area (TPSA) is 50.7 Å². The lowest BCUT2D eigenvalue weighted by Gasteiger charge is -2.09. The number of hydrogen-bond acceptors (Lipinski definition) is 3. The molecule has 28 heavy (non-hydrogen) atoms. The maximum Gasteiger partial charge on any atom is 0.262 e. The largest absolute Gasteiger partial charge is 0.484 e. The van der Waals surface area contributed by atoms with E-state index in [0.717, 1.165) is 16.8 Å². The summed E-state index contributed by atoms with van der Waals surface area (Å²) in [6.45, 7) is 3.97. The van der Waals surface area contributed by atoms with Gasteiger partial charge in [0.15, 0.2) is 6.61 Å². The van der Waals surface area contributed by atoms with Gasteiger partial charge in [0.1, 0.15) is 5.75 Å². The lowest BCUT2D eigenvalue weighted by atomic mass is 10.1. The van der Waals surface area contributed by atoms with Gasteiger partial charge in [-0.05, 0) is 66.9 Å². The minimum Gasteiger partial charge on any atom is -0.484 e. The van der Waals surface area contributed by atoms with E-state index in [0.29, 0.717) is 16.5 Å². The molecule has 3 aromatic rings. The normalized spacial score (nSPS) is 10.8. The Kier molecular flexibility index (Phi) is 6.45. The molecule has 0 radical (unpaired) electrons.